The topological polar surface area (TPSA) is 44.4 Å². The van der Waals surface area contributed by atoms with Crippen LogP contribution >= 0.6 is 0 Å². The molecule has 1 amide bonds. The Bertz CT molecular complexity index is 235. The molecular weight excluding hydrogens is 226 g/mol. The Balaban J connectivity index is 2.06. The van der Waals surface area contributed by atoms with E-state index >= 15 is 0 Å². The van der Waals surface area contributed by atoms with Gasteiger partial charge in [0.05, 0.1) is 0 Å². The molecule has 0 spiro atoms. The molecule has 0 aromatic heterocycles. The number of hydrogen-bond acceptors (Lipinski definition) is 3. The molecule has 0 unspecified atom stereocenters. The highest BCUT2D eigenvalue weighted by molar-refractivity contribution is 5.75. The van der Waals surface area contributed by atoms with Crippen LogP contribution in [0.15, 0.2) is 0 Å². The zero-order valence-corrected chi connectivity index (χ0v) is 12.2. The second kappa shape index (κ2) is 8.48. The minimum Gasteiger partial charge on any atom is -0.359 e. The van der Waals surface area contributed by atoms with Gasteiger partial charge in [0.25, 0.3) is 0 Å². The number of piperidine rings is 1. The Morgan fingerprint density at radius 2 is 2.00 bits per heavy atom. The fraction of sp³-hybridized carbons (Fsp3) is 0.929. The lowest BCUT2D eigenvalue weighted by molar-refractivity contribution is -0.120. The summed E-state index contributed by atoms with van der Waals surface area (Å²) in [6.45, 7) is 9.01. The normalized spacial score (nSPS) is 18.2. The number of carbonyl (C=O) groups is 1. The van der Waals surface area contributed by atoms with Gasteiger partial charge in [0, 0.05) is 19.5 Å². The highest BCUT2D eigenvalue weighted by Crippen LogP contribution is 2.16. The van der Waals surface area contributed by atoms with Crippen molar-refractivity contribution in [2.45, 2.75) is 45.6 Å². The van der Waals surface area contributed by atoms with E-state index in [0.717, 1.165) is 25.4 Å². The Morgan fingerprint density at radius 1 is 1.33 bits per heavy atom. The Morgan fingerprint density at radius 3 is 2.56 bits per heavy atom. The van der Waals surface area contributed by atoms with Crippen LogP contribution in [0, 0.1) is 5.92 Å². The second-order valence-corrected chi connectivity index (χ2v) is 5.62. The van der Waals surface area contributed by atoms with E-state index in [1.165, 1.54) is 25.9 Å². The van der Waals surface area contributed by atoms with Gasteiger partial charge in [-0.3, -0.25) is 4.79 Å². The van der Waals surface area contributed by atoms with Crippen LogP contribution in [0.25, 0.3) is 0 Å². The maximum absolute atomic E-state index is 11.1. The van der Waals surface area contributed by atoms with Gasteiger partial charge in [0.1, 0.15) is 0 Å². The van der Waals surface area contributed by atoms with Crippen molar-refractivity contribution < 1.29 is 4.79 Å². The third kappa shape index (κ3) is 6.36. The molecule has 0 aromatic rings. The van der Waals surface area contributed by atoms with Gasteiger partial charge in [0.15, 0.2) is 0 Å². The molecule has 0 atom stereocenters. The van der Waals surface area contributed by atoms with Crippen molar-refractivity contribution in [2.75, 3.05) is 33.2 Å². The molecule has 1 fully saturated rings. The van der Waals surface area contributed by atoms with Crippen LogP contribution in [0.3, 0.4) is 0 Å². The predicted molar refractivity (Wildman–Crippen MR) is 75.6 cm³/mol. The van der Waals surface area contributed by atoms with Crippen molar-refractivity contribution in [1.82, 2.24) is 15.5 Å². The van der Waals surface area contributed by atoms with Gasteiger partial charge < -0.3 is 15.5 Å². The molecule has 4 heteroatoms. The van der Waals surface area contributed by atoms with Crippen molar-refractivity contribution in [1.29, 1.82) is 0 Å². The summed E-state index contributed by atoms with van der Waals surface area (Å²) in [6.07, 6.45) is 4.22. The summed E-state index contributed by atoms with van der Waals surface area (Å²) < 4.78 is 0. The average molecular weight is 255 g/mol. The zero-order chi connectivity index (χ0) is 13.4. The van der Waals surface area contributed by atoms with Gasteiger partial charge in [-0.1, -0.05) is 13.8 Å². The highest BCUT2D eigenvalue weighted by Gasteiger charge is 2.18. The van der Waals surface area contributed by atoms with Crippen LogP contribution < -0.4 is 10.6 Å². The number of amides is 1. The monoisotopic (exact) mass is 255 g/mol. The fourth-order valence-electron chi connectivity index (χ4n) is 2.40. The summed E-state index contributed by atoms with van der Waals surface area (Å²) in [6, 6.07) is 0.593. The maximum atomic E-state index is 11.1. The number of likely N-dealkylation sites (tertiary alicyclic amines) is 1. The van der Waals surface area contributed by atoms with Gasteiger partial charge in [-0.05, 0) is 51.4 Å². The van der Waals surface area contributed by atoms with Crippen LogP contribution in [0.2, 0.25) is 0 Å². The number of rotatable bonds is 7. The molecule has 18 heavy (non-hydrogen) atoms. The molecule has 1 saturated heterocycles. The molecule has 0 aliphatic carbocycles. The number of nitrogens with zero attached hydrogens (tertiary/aromatic N) is 1. The largest absolute Gasteiger partial charge is 0.359 e. The lowest BCUT2D eigenvalue weighted by Crippen LogP contribution is -2.39. The van der Waals surface area contributed by atoms with Crippen molar-refractivity contribution in [2.24, 2.45) is 5.92 Å². The van der Waals surface area contributed by atoms with Crippen LogP contribution in [0.1, 0.15) is 39.5 Å². The number of hydrogen-bond donors (Lipinski definition) is 2. The van der Waals surface area contributed by atoms with Gasteiger partial charge in [-0.2, -0.15) is 0 Å². The van der Waals surface area contributed by atoms with Crippen LogP contribution in [-0.4, -0.2) is 50.1 Å². The predicted octanol–water partition coefficient (Wildman–Crippen LogP) is 1.22. The molecule has 1 aliphatic rings. The van der Waals surface area contributed by atoms with E-state index < -0.39 is 0 Å². The summed E-state index contributed by atoms with van der Waals surface area (Å²) in [4.78, 5) is 13.6. The minimum absolute atomic E-state index is 0.158. The fourth-order valence-corrected chi connectivity index (χ4v) is 2.40. The zero-order valence-electron chi connectivity index (χ0n) is 12.2. The maximum Gasteiger partial charge on any atom is 0.219 e. The molecule has 1 aliphatic heterocycles. The van der Waals surface area contributed by atoms with Gasteiger partial charge >= 0.3 is 0 Å². The van der Waals surface area contributed by atoms with Crippen LogP contribution in [-0.2, 0) is 4.79 Å². The molecular formula is C14H29N3O. The van der Waals surface area contributed by atoms with Crippen molar-refractivity contribution in [3.8, 4) is 0 Å². The third-order valence-corrected chi connectivity index (χ3v) is 3.68. The van der Waals surface area contributed by atoms with Crippen molar-refractivity contribution in [3.05, 3.63) is 0 Å². The van der Waals surface area contributed by atoms with E-state index in [1.54, 1.807) is 7.05 Å². The quantitative estimate of drug-likeness (QED) is 0.719. The van der Waals surface area contributed by atoms with Gasteiger partial charge in [-0.15, -0.1) is 0 Å². The average Bonchev–Trinajstić information content (AvgIpc) is 2.37. The number of nitrogens with one attached hydrogen (secondary N) is 2. The van der Waals surface area contributed by atoms with Crippen molar-refractivity contribution in [3.63, 3.8) is 0 Å². The first-order valence-electron chi connectivity index (χ1n) is 7.28. The van der Waals surface area contributed by atoms with E-state index in [2.05, 4.69) is 29.4 Å². The van der Waals surface area contributed by atoms with Crippen molar-refractivity contribution >= 4 is 5.91 Å². The van der Waals surface area contributed by atoms with Crippen LogP contribution in [0.5, 0.6) is 0 Å². The smallest absolute Gasteiger partial charge is 0.219 e. The molecule has 2 N–H and O–H groups in total. The van der Waals surface area contributed by atoms with E-state index in [-0.39, 0.29) is 5.91 Å². The molecule has 0 bridgehead atoms. The molecule has 106 valence electrons. The molecule has 0 saturated carbocycles. The van der Waals surface area contributed by atoms with E-state index in [1.807, 2.05) is 0 Å². The summed E-state index contributed by atoms with van der Waals surface area (Å²) in [5.74, 6) is 0.994. The minimum atomic E-state index is 0.158. The first-order valence-corrected chi connectivity index (χ1v) is 7.28. The highest BCUT2D eigenvalue weighted by atomic mass is 16.1. The summed E-state index contributed by atoms with van der Waals surface area (Å²) in [5.41, 5.74) is 0. The first-order chi connectivity index (χ1) is 8.61. The summed E-state index contributed by atoms with van der Waals surface area (Å²) >= 11 is 0. The molecule has 0 aromatic carbocycles. The van der Waals surface area contributed by atoms with Gasteiger partial charge in [-0.25, -0.2) is 0 Å². The van der Waals surface area contributed by atoms with E-state index in [9.17, 15) is 4.79 Å². The lowest BCUT2D eigenvalue weighted by atomic mass is 9.96. The lowest BCUT2D eigenvalue weighted by Gasteiger charge is -2.32. The SMILES string of the molecule is CNC(=O)CCCN1CCC(CNC(C)C)CC1. The van der Waals surface area contributed by atoms with E-state index in [4.69, 9.17) is 0 Å². The first kappa shape index (κ1) is 15.4. The van der Waals surface area contributed by atoms with E-state index in [0.29, 0.717) is 12.5 Å². The molecule has 1 rings (SSSR count). The molecule has 1 heterocycles. The van der Waals surface area contributed by atoms with Gasteiger partial charge in [0.2, 0.25) is 5.91 Å². The summed E-state index contributed by atoms with van der Waals surface area (Å²) in [5, 5.41) is 6.20. The Hall–Kier alpha value is -0.610. The standard InChI is InChI=1S/C14H29N3O/c1-12(2)16-11-13-6-9-17(10-7-13)8-4-5-14(18)15-3/h12-13,16H,4-11H2,1-3H3,(H,15,18). The summed E-state index contributed by atoms with van der Waals surface area (Å²) in [7, 11) is 1.70. The number of carbonyl (C=O) groups excluding carboxylic acids is 1. The third-order valence-electron chi connectivity index (χ3n) is 3.68. The Labute approximate surface area is 111 Å². The second-order valence-electron chi connectivity index (χ2n) is 5.62. The molecule has 0 radical (unpaired) electrons. The molecule has 4 nitrogen and oxygen atoms in total. The Kier molecular flexibility index (Phi) is 7.28. The van der Waals surface area contributed by atoms with Crippen LogP contribution in [0.4, 0.5) is 0 Å².